The molecule has 1 aliphatic heterocycles. The van der Waals surface area contributed by atoms with Crippen LogP contribution >= 0.6 is 0 Å². The predicted molar refractivity (Wildman–Crippen MR) is 137 cm³/mol. The lowest BCUT2D eigenvalue weighted by atomic mass is 10.1. The van der Waals surface area contributed by atoms with Crippen molar-refractivity contribution in [3.05, 3.63) is 83.9 Å². The summed E-state index contributed by atoms with van der Waals surface area (Å²) in [6.07, 6.45) is 0. The first-order valence-corrected chi connectivity index (χ1v) is 12.8. The second-order valence-corrected chi connectivity index (χ2v) is 10.3. The van der Waals surface area contributed by atoms with Gasteiger partial charge in [-0.3, -0.25) is 4.72 Å². The number of fused-ring (bicyclic) bond motifs is 1. The van der Waals surface area contributed by atoms with Gasteiger partial charge in [-0.1, -0.05) is 36.4 Å². The summed E-state index contributed by atoms with van der Waals surface area (Å²) < 4.78 is 34.5. The van der Waals surface area contributed by atoms with Crippen molar-refractivity contribution in [2.45, 2.75) is 18.7 Å². The van der Waals surface area contributed by atoms with E-state index in [1.54, 1.807) is 18.2 Å². The highest BCUT2D eigenvalue weighted by Crippen LogP contribution is 2.33. The number of hydrogen-bond donors (Lipinski definition) is 1. The molecule has 0 spiro atoms. The quantitative estimate of drug-likeness (QED) is 0.434. The smallest absolute Gasteiger partial charge is 0.261 e. The molecular weight excluding hydrogens is 446 g/mol. The minimum absolute atomic E-state index is 0.252. The maximum absolute atomic E-state index is 13.1. The van der Waals surface area contributed by atoms with Crippen molar-refractivity contribution in [1.29, 1.82) is 0 Å². The molecule has 0 amide bonds. The van der Waals surface area contributed by atoms with Crippen molar-refractivity contribution in [3.8, 4) is 11.3 Å². The van der Waals surface area contributed by atoms with Crippen molar-refractivity contribution >= 4 is 32.3 Å². The van der Waals surface area contributed by atoms with Crippen LogP contribution in [0.25, 0.3) is 22.2 Å². The first-order valence-electron chi connectivity index (χ1n) is 11.3. The molecule has 7 heteroatoms. The summed E-state index contributed by atoms with van der Waals surface area (Å²) in [5, 5.41) is 0.905. The highest BCUT2D eigenvalue weighted by Gasteiger charge is 2.19. The molecule has 4 aromatic rings. The number of nitrogens with one attached hydrogen (secondary N) is 1. The number of pyridine rings is 1. The molecule has 34 heavy (non-hydrogen) atoms. The van der Waals surface area contributed by atoms with Crippen LogP contribution in [0, 0.1) is 13.8 Å². The van der Waals surface area contributed by atoms with E-state index in [2.05, 4.69) is 15.7 Å². The Bertz CT molecular complexity index is 1450. The van der Waals surface area contributed by atoms with Crippen molar-refractivity contribution in [2.24, 2.45) is 0 Å². The zero-order valence-electron chi connectivity index (χ0n) is 19.3. The van der Waals surface area contributed by atoms with Crippen LogP contribution in [0.4, 0.5) is 11.4 Å². The van der Waals surface area contributed by atoms with Gasteiger partial charge in [-0.25, -0.2) is 13.4 Å². The zero-order valence-corrected chi connectivity index (χ0v) is 20.1. The number of nitrogens with zero attached hydrogens (tertiary/aromatic N) is 2. The molecule has 0 saturated carbocycles. The highest BCUT2D eigenvalue weighted by molar-refractivity contribution is 7.92. The van der Waals surface area contributed by atoms with E-state index in [-0.39, 0.29) is 4.90 Å². The number of aryl methyl sites for hydroxylation is 2. The maximum atomic E-state index is 13.1. The largest absolute Gasteiger partial charge is 0.378 e. The van der Waals surface area contributed by atoms with Gasteiger partial charge in [0, 0.05) is 35.4 Å². The number of rotatable bonds is 5. The number of aromatic nitrogens is 1. The molecule has 5 rings (SSSR count). The Hall–Kier alpha value is -3.42. The standard InChI is InChI=1S/C27H27N3O3S/c1-19-8-10-23(16-20(19)2)34(31,32)29-22-9-11-25-24(17-22)27(30-12-14-33-15-13-30)18-26(28-25)21-6-4-3-5-7-21/h3-11,16-18,29H,12-15H2,1-2H3. The van der Waals surface area contributed by atoms with Crippen LogP contribution in [0.5, 0.6) is 0 Å². The number of hydrogen-bond acceptors (Lipinski definition) is 5. The van der Waals surface area contributed by atoms with Gasteiger partial charge in [0.15, 0.2) is 0 Å². The molecule has 6 nitrogen and oxygen atoms in total. The molecule has 1 fully saturated rings. The highest BCUT2D eigenvalue weighted by atomic mass is 32.2. The third-order valence-electron chi connectivity index (χ3n) is 6.25. The monoisotopic (exact) mass is 473 g/mol. The first-order chi connectivity index (χ1) is 16.4. The SMILES string of the molecule is Cc1ccc(S(=O)(=O)Nc2ccc3nc(-c4ccccc4)cc(N4CCOCC4)c3c2)cc1C. The number of sulfonamides is 1. The number of benzene rings is 3. The Morgan fingerprint density at radius 1 is 0.882 bits per heavy atom. The van der Waals surface area contributed by atoms with E-state index >= 15 is 0 Å². The van der Waals surface area contributed by atoms with Crippen LogP contribution in [-0.4, -0.2) is 39.7 Å². The Morgan fingerprint density at radius 2 is 1.65 bits per heavy atom. The average molecular weight is 474 g/mol. The van der Waals surface area contributed by atoms with Gasteiger partial charge in [0.2, 0.25) is 0 Å². The second-order valence-electron chi connectivity index (χ2n) is 8.58. The maximum Gasteiger partial charge on any atom is 0.261 e. The number of ether oxygens (including phenoxy) is 1. The molecule has 0 bridgehead atoms. The number of anilines is 2. The lowest BCUT2D eigenvalue weighted by Gasteiger charge is -2.30. The Kier molecular flexibility index (Phi) is 5.98. The fraction of sp³-hybridized carbons (Fsp3) is 0.222. The molecule has 1 saturated heterocycles. The van der Waals surface area contributed by atoms with Gasteiger partial charge < -0.3 is 9.64 Å². The Balaban J connectivity index is 1.58. The van der Waals surface area contributed by atoms with E-state index in [1.807, 2.05) is 62.4 Å². The zero-order chi connectivity index (χ0) is 23.7. The fourth-order valence-electron chi connectivity index (χ4n) is 4.19. The molecule has 1 aromatic heterocycles. The summed E-state index contributed by atoms with van der Waals surface area (Å²) in [7, 11) is -3.71. The van der Waals surface area contributed by atoms with Gasteiger partial charge in [-0.05, 0) is 61.4 Å². The van der Waals surface area contributed by atoms with Crippen molar-refractivity contribution in [3.63, 3.8) is 0 Å². The van der Waals surface area contributed by atoms with Crippen molar-refractivity contribution in [2.75, 3.05) is 35.9 Å². The minimum Gasteiger partial charge on any atom is -0.378 e. The molecule has 0 radical (unpaired) electrons. The van der Waals surface area contributed by atoms with Crippen molar-refractivity contribution in [1.82, 2.24) is 4.98 Å². The normalized spacial score (nSPS) is 14.4. The fourth-order valence-corrected chi connectivity index (χ4v) is 5.32. The van der Waals surface area contributed by atoms with Crippen LogP contribution in [0.1, 0.15) is 11.1 Å². The van der Waals surface area contributed by atoms with Crippen LogP contribution in [-0.2, 0) is 14.8 Å². The summed E-state index contributed by atoms with van der Waals surface area (Å²) in [4.78, 5) is 7.41. The summed E-state index contributed by atoms with van der Waals surface area (Å²) in [6, 6.07) is 22.9. The van der Waals surface area contributed by atoms with E-state index < -0.39 is 10.0 Å². The van der Waals surface area contributed by atoms with Gasteiger partial charge in [-0.15, -0.1) is 0 Å². The van der Waals surface area contributed by atoms with Crippen LogP contribution < -0.4 is 9.62 Å². The van der Waals surface area contributed by atoms with Gasteiger partial charge >= 0.3 is 0 Å². The Labute approximate surface area is 200 Å². The molecule has 174 valence electrons. The lowest BCUT2D eigenvalue weighted by Crippen LogP contribution is -2.36. The lowest BCUT2D eigenvalue weighted by molar-refractivity contribution is 0.123. The molecule has 1 N–H and O–H groups in total. The van der Waals surface area contributed by atoms with E-state index in [9.17, 15) is 8.42 Å². The molecule has 1 aliphatic rings. The van der Waals surface area contributed by atoms with E-state index in [1.165, 1.54) is 0 Å². The van der Waals surface area contributed by atoms with Gasteiger partial charge in [0.05, 0.1) is 29.3 Å². The van der Waals surface area contributed by atoms with Crippen LogP contribution in [0.2, 0.25) is 0 Å². The van der Waals surface area contributed by atoms with E-state index in [0.717, 1.165) is 52.1 Å². The van der Waals surface area contributed by atoms with Gasteiger partial charge in [0.25, 0.3) is 10.0 Å². The van der Waals surface area contributed by atoms with Gasteiger partial charge in [-0.2, -0.15) is 0 Å². The summed E-state index contributed by atoms with van der Waals surface area (Å²) in [5.74, 6) is 0. The minimum atomic E-state index is -3.71. The van der Waals surface area contributed by atoms with Crippen LogP contribution in [0.15, 0.2) is 77.7 Å². The second kappa shape index (κ2) is 9.08. The third-order valence-corrected chi connectivity index (χ3v) is 7.63. The molecule has 2 heterocycles. The summed E-state index contributed by atoms with van der Waals surface area (Å²) in [5.41, 5.74) is 6.27. The summed E-state index contributed by atoms with van der Waals surface area (Å²) >= 11 is 0. The molecular formula is C27H27N3O3S. The summed E-state index contributed by atoms with van der Waals surface area (Å²) in [6.45, 7) is 6.73. The van der Waals surface area contributed by atoms with Crippen molar-refractivity contribution < 1.29 is 13.2 Å². The molecule has 0 aliphatic carbocycles. The van der Waals surface area contributed by atoms with Gasteiger partial charge in [0.1, 0.15) is 0 Å². The molecule has 0 unspecified atom stereocenters. The predicted octanol–water partition coefficient (Wildman–Crippen LogP) is 5.16. The van der Waals surface area contributed by atoms with E-state index in [0.29, 0.717) is 18.9 Å². The molecule has 0 atom stereocenters. The first kappa shape index (κ1) is 22.4. The topological polar surface area (TPSA) is 71.5 Å². The van der Waals surface area contributed by atoms with E-state index in [4.69, 9.17) is 9.72 Å². The van der Waals surface area contributed by atoms with Crippen LogP contribution in [0.3, 0.4) is 0 Å². The average Bonchev–Trinajstić information content (AvgIpc) is 2.86. The molecule has 3 aromatic carbocycles. The third kappa shape index (κ3) is 4.49. The number of morpholine rings is 1. The Morgan fingerprint density at radius 3 is 2.38 bits per heavy atom.